The minimum atomic E-state index is 0.359. The van der Waals surface area contributed by atoms with Gasteiger partial charge in [0.05, 0.1) is 10.7 Å². The van der Waals surface area contributed by atoms with E-state index in [1.165, 1.54) is 38.5 Å². The van der Waals surface area contributed by atoms with Crippen molar-refractivity contribution in [3.05, 3.63) is 41.0 Å². The van der Waals surface area contributed by atoms with Crippen molar-refractivity contribution in [1.82, 2.24) is 10.5 Å². The number of hydrogen-bond acceptors (Lipinski definition) is 3. The molecule has 6 rings (SSSR count). The van der Waals surface area contributed by atoms with Crippen molar-refractivity contribution in [3.8, 4) is 11.3 Å². The molecular formula is C20H23ClN2O. The van der Waals surface area contributed by atoms with E-state index in [1.807, 2.05) is 30.3 Å². The van der Waals surface area contributed by atoms with Crippen molar-refractivity contribution in [3.63, 3.8) is 0 Å². The number of nitrogens with one attached hydrogen (secondary N) is 1. The average Bonchev–Trinajstić information content (AvgIpc) is 3.01. The van der Waals surface area contributed by atoms with Gasteiger partial charge in [-0.05, 0) is 68.4 Å². The summed E-state index contributed by atoms with van der Waals surface area (Å²) in [6.45, 7) is 0.792. The van der Waals surface area contributed by atoms with Gasteiger partial charge >= 0.3 is 0 Å². The SMILES string of the molecule is Clc1ccccc1-c1cc(CNC23CC4CC(CC(C4)C2)C3)no1. The molecule has 1 N–H and O–H groups in total. The Kier molecular flexibility index (Phi) is 3.50. The van der Waals surface area contributed by atoms with E-state index in [2.05, 4.69) is 10.5 Å². The fourth-order valence-corrected chi connectivity index (χ4v) is 6.02. The maximum absolute atomic E-state index is 6.25. The van der Waals surface area contributed by atoms with Gasteiger partial charge in [-0.3, -0.25) is 0 Å². The maximum atomic E-state index is 6.25. The standard InChI is InChI=1S/C20H23ClN2O/c21-18-4-2-1-3-17(18)19-8-16(23-24-19)12-22-20-9-13-5-14(10-20)7-15(6-13)11-20/h1-4,8,13-15,22H,5-7,9-12H2. The molecule has 3 nitrogen and oxygen atoms in total. The highest BCUT2D eigenvalue weighted by atomic mass is 35.5. The van der Waals surface area contributed by atoms with Gasteiger partial charge in [0.1, 0.15) is 0 Å². The lowest BCUT2D eigenvalue weighted by molar-refractivity contribution is -0.0208. The van der Waals surface area contributed by atoms with Gasteiger partial charge < -0.3 is 9.84 Å². The van der Waals surface area contributed by atoms with Crippen molar-refractivity contribution in [1.29, 1.82) is 0 Å². The molecule has 2 aromatic rings. The number of benzene rings is 1. The van der Waals surface area contributed by atoms with Gasteiger partial charge in [-0.15, -0.1) is 0 Å². The monoisotopic (exact) mass is 342 g/mol. The molecule has 0 unspecified atom stereocenters. The fraction of sp³-hybridized carbons (Fsp3) is 0.550. The van der Waals surface area contributed by atoms with E-state index in [4.69, 9.17) is 16.1 Å². The molecule has 0 radical (unpaired) electrons. The van der Waals surface area contributed by atoms with E-state index >= 15 is 0 Å². The molecule has 1 aromatic heterocycles. The van der Waals surface area contributed by atoms with Crippen LogP contribution in [-0.4, -0.2) is 10.7 Å². The molecule has 4 saturated carbocycles. The van der Waals surface area contributed by atoms with E-state index in [9.17, 15) is 0 Å². The van der Waals surface area contributed by atoms with Crippen LogP contribution in [0.5, 0.6) is 0 Å². The summed E-state index contributed by atoms with van der Waals surface area (Å²) in [6, 6.07) is 9.77. The first-order valence-electron chi connectivity index (χ1n) is 9.15. The number of nitrogens with zero attached hydrogens (tertiary/aromatic N) is 1. The van der Waals surface area contributed by atoms with Crippen molar-refractivity contribution in [2.45, 2.75) is 50.6 Å². The zero-order chi connectivity index (χ0) is 16.1. The van der Waals surface area contributed by atoms with E-state index in [0.717, 1.165) is 41.3 Å². The molecule has 0 atom stereocenters. The molecule has 4 aliphatic rings. The smallest absolute Gasteiger partial charge is 0.168 e. The van der Waals surface area contributed by atoms with Gasteiger partial charge in [-0.25, -0.2) is 0 Å². The summed E-state index contributed by atoms with van der Waals surface area (Å²) in [4.78, 5) is 0. The second kappa shape index (κ2) is 5.60. The third kappa shape index (κ3) is 2.58. The van der Waals surface area contributed by atoms with E-state index < -0.39 is 0 Å². The lowest BCUT2D eigenvalue weighted by atomic mass is 9.53. The predicted molar refractivity (Wildman–Crippen MR) is 94.7 cm³/mol. The molecule has 0 amide bonds. The zero-order valence-electron chi connectivity index (χ0n) is 13.8. The Balaban J connectivity index is 1.30. The summed E-state index contributed by atoms with van der Waals surface area (Å²) in [5.74, 6) is 3.63. The van der Waals surface area contributed by atoms with Gasteiger partial charge in [0.15, 0.2) is 5.76 Å². The van der Waals surface area contributed by atoms with Crippen LogP contribution < -0.4 is 5.32 Å². The third-order valence-electron chi connectivity index (χ3n) is 6.38. The Morgan fingerprint density at radius 2 is 1.75 bits per heavy atom. The second-order valence-corrected chi connectivity index (χ2v) is 8.62. The van der Waals surface area contributed by atoms with Crippen molar-refractivity contribution < 1.29 is 4.52 Å². The zero-order valence-corrected chi connectivity index (χ0v) is 14.6. The summed E-state index contributed by atoms with van der Waals surface area (Å²) >= 11 is 6.25. The molecule has 0 spiro atoms. The Hall–Kier alpha value is -1.32. The molecule has 0 saturated heterocycles. The molecule has 4 heteroatoms. The number of hydrogen-bond donors (Lipinski definition) is 1. The first-order chi connectivity index (χ1) is 11.7. The van der Waals surface area contributed by atoms with Gasteiger partial charge in [0.25, 0.3) is 0 Å². The number of aromatic nitrogens is 1. The van der Waals surface area contributed by atoms with Gasteiger partial charge in [0.2, 0.25) is 0 Å². The van der Waals surface area contributed by atoms with Crippen molar-refractivity contribution in [2.75, 3.05) is 0 Å². The molecule has 1 aromatic carbocycles. The van der Waals surface area contributed by atoms with Crippen LogP contribution >= 0.6 is 11.6 Å². The van der Waals surface area contributed by atoms with Gasteiger partial charge in [0, 0.05) is 23.7 Å². The molecule has 4 fully saturated rings. The number of rotatable bonds is 4. The average molecular weight is 343 g/mol. The van der Waals surface area contributed by atoms with Crippen LogP contribution in [0.3, 0.4) is 0 Å². The topological polar surface area (TPSA) is 38.1 Å². The van der Waals surface area contributed by atoms with Crippen LogP contribution in [0.15, 0.2) is 34.9 Å². The van der Waals surface area contributed by atoms with Crippen LogP contribution in [0, 0.1) is 17.8 Å². The van der Waals surface area contributed by atoms with Crippen LogP contribution in [0.2, 0.25) is 5.02 Å². The lowest BCUT2D eigenvalue weighted by Crippen LogP contribution is -2.58. The minimum absolute atomic E-state index is 0.359. The van der Waals surface area contributed by atoms with E-state index in [-0.39, 0.29) is 0 Å². The summed E-state index contributed by atoms with van der Waals surface area (Å²) in [6.07, 6.45) is 8.49. The third-order valence-corrected chi connectivity index (χ3v) is 6.71. The Morgan fingerprint density at radius 3 is 2.42 bits per heavy atom. The Bertz CT molecular complexity index is 718. The summed E-state index contributed by atoms with van der Waals surface area (Å²) < 4.78 is 5.53. The van der Waals surface area contributed by atoms with Gasteiger partial charge in [-0.2, -0.15) is 0 Å². The Labute approximate surface area is 147 Å². The van der Waals surface area contributed by atoms with Crippen LogP contribution in [-0.2, 0) is 6.54 Å². The second-order valence-electron chi connectivity index (χ2n) is 8.21. The maximum Gasteiger partial charge on any atom is 0.168 e. The normalized spacial score (nSPS) is 34.0. The molecule has 4 bridgehead atoms. The van der Waals surface area contributed by atoms with Crippen molar-refractivity contribution >= 4 is 11.6 Å². The summed E-state index contributed by atoms with van der Waals surface area (Å²) in [5.41, 5.74) is 2.24. The fourth-order valence-electron chi connectivity index (χ4n) is 5.79. The van der Waals surface area contributed by atoms with Crippen LogP contribution in [0.4, 0.5) is 0 Å². The minimum Gasteiger partial charge on any atom is -0.356 e. The molecule has 4 aliphatic carbocycles. The summed E-state index contributed by atoms with van der Waals surface area (Å²) in [5, 5.41) is 8.83. The van der Waals surface area contributed by atoms with Crippen LogP contribution in [0.25, 0.3) is 11.3 Å². The highest BCUT2D eigenvalue weighted by Crippen LogP contribution is 2.55. The molecule has 126 valence electrons. The molecule has 0 aliphatic heterocycles. The van der Waals surface area contributed by atoms with Crippen molar-refractivity contribution in [2.24, 2.45) is 17.8 Å². The number of halogens is 1. The molecule has 24 heavy (non-hydrogen) atoms. The predicted octanol–water partition coefficient (Wildman–Crippen LogP) is 5.05. The molecular weight excluding hydrogens is 320 g/mol. The first-order valence-corrected chi connectivity index (χ1v) is 9.52. The quantitative estimate of drug-likeness (QED) is 0.844. The van der Waals surface area contributed by atoms with Gasteiger partial charge in [-0.1, -0.05) is 28.9 Å². The lowest BCUT2D eigenvalue weighted by Gasteiger charge is -2.57. The largest absolute Gasteiger partial charge is 0.356 e. The summed E-state index contributed by atoms with van der Waals surface area (Å²) in [7, 11) is 0. The van der Waals surface area contributed by atoms with E-state index in [0.29, 0.717) is 10.6 Å². The molecule has 1 heterocycles. The Morgan fingerprint density at radius 1 is 1.08 bits per heavy atom. The highest BCUT2D eigenvalue weighted by molar-refractivity contribution is 6.33. The van der Waals surface area contributed by atoms with Crippen LogP contribution in [0.1, 0.15) is 44.2 Å². The van der Waals surface area contributed by atoms with E-state index in [1.54, 1.807) is 0 Å². The first kappa shape index (κ1) is 15.0. The highest BCUT2D eigenvalue weighted by Gasteiger charge is 2.50.